The number of ether oxygens (including phenoxy) is 1. The molecule has 0 bridgehead atoms. The van der Waals surface area contributed by atoms with Crippen molar-refractivity contribution in [3.8, 4) is 0 Å². The van der Waals surface area contributed by atoms with E-state index in [0.717, 1.165) is 26.0 Å². The maximum atomic E-state index is 11.5. The van der Waals surface area contributed by atoms with Crippen molar-refractivity contribution < 1.29 is 9.53 Å². The van der Waals surface area contributed by atoms with Gasteiger partial charge in [-0.25, -0.2) is 0 Å². The molecule has 1 aliphatic carbocycles. The Balaban J connectivity index is 1.79. The van der Waals surface area contributed by atoms with Gasteiger partial charge in [0.2, 0.25) is 5.91 Å². The number of hydrogen-bond acceptors (Lipinski definition) is 3. The first-order valence-electron chi connectivity index (χ1n) is 5.37. The van der Waals surface area contributed by atoms with Crippen molar-refractivity contribution in [3.63, 3.8) is 0 Å². The highest BCUT2D eigenvalue weighted by atomic mass is 16.5. The van der Waals surface area contributed by atoms with E-state index >= 15 is 0 Å². The highest BCUT2D eigenvalue weighted by Gasteiger charge is 2.40. The molecule has 0 spiro atoms. The molecule has 0 aromatic heterocycles. The minimum absolute atomic E-state index is 0.0497. The lowest BCUT2D eigenvalue weighted by molar-refractivity contribution is -0.134. The van der Waals surface area contributed by atoms with Crippen LogP contribution in [-0.4, -0.2) is 42.1 Å². The van der Waals surface area contributed by atoms with Crippen LogP contribution in [0.25, 0.3) is 0 Å². The largest absolute Gasteiger partial charge is 0.378 e. The summed E-state index contributed by atoms with van der Waals surface area (Å²) in [5.41, 5.74) is 5.73. The molecule has 2 fully saturated rings. The fraction of sp³-hybridized carbons (Fsp3) is 0.900. The van der Waals surface area contributed by atoms with E-state index in [4.69, 9.17) is 10.5 Å². The number of likely N-dealkylation sites (tertiary alicyclic amines) is 1. The van der Waals surface area contributed by atoms with E-state index in [0.29, 0.717) is 18.6 Å². The molecule has 0 radical (unpaired) electrons. The highest BCUT2D eigenvalue weighted by molar-refractivity contribution is 5.79. The monoisotopic (exact) mass is 198 g/mol. The summed E-state index contributed by atoms with van der Waals surface area (Å²) in [6.07, 6.45) is 2.88. The zero-order valence-electron chi connectivity index (χ0n) is 8.61. The van der Waals surface area contributed by atoms with Crippen molar-refractivity contribution >= 4 is 5.91 Å². The van der Waals surface area contributed by atoms with E-state index in [1.807, 2.05) is 11.8 Å². The fourth-order valence-electron chi connectivity index (χ4n) is 2.28. The molecule has 2 aliphatic rings. The second-order valence-corrected chi connectivity index (χ2v) is 4.21. The van der Waals surface area contributed by atoms with Gasteiger partial charge in [0, 0.05) is 31.7 Å². The lowest BCUT2D eigenvalue weighted by atomic mass is 9.88. The first-order valence-corrected chi connectivity index (χ1v) is 5.37. The molecule has 2 rings (SSSR count). The smallest absolute Gasteiger partial charge is 0.224 e. The molecule has 2 N–H and O–H groups in total. The van der Waals surface area contributed by atoms with Gasteiger partial charge in [-0.15, -0.1) is 0 Å². The second-order valence-electron chi connectivity index (χ2n) is 4.21. The number of nitrogens with two attached hydrogens (primary N) is 1. The van der Waals surface area contributed by atoms with Crippen molar-refractivity contribution in [1.29, 1.82) is 0 Å². The summed E-state index contributed by atoms with van der Waals surface area (Å²) in [7, 11) is 0. The Labute approximate surface area is 84.4 Å². The zero-order chi connectivity index (χ0) is 10.1. The minimum Gasteiger partial charge on any atom is -0.378 e. The molecule has 1 saturated carbocycles. The standard InChI is InChI=1S/C10H18N2O2/c1-2-14-9-4-8(5-9)12-6-7(11)3-10(12)13/h7-9H,2-6,11H2,1H3. The van der Waals surface area contributed by atoms with Crippen LogP contribution in [0.1, 0.15) is 26.2 Å². The predicted molar refractivity (Wildman–Crippen MR) is 52.7 cm³/mol. The highest BCUT2D eigenvalue weighted by Crippen LogP contribution is 2.30. The Morgan fingerprint density at radius 3 is 2.79 bits per heavy atom. The van der Waals surface area contributed by atoms with Crippen molar-refractivity contribution in [1.82, 2.24) is 4.90 Å². The van der Waals surface area contributed by atoms with Crippen molar-refractivity contribution in [3.05, 3.63) is 0 Å². The van der Waals surface area contributed by atoms with E-state index < -0.39 is 0 Å². The Morgan fingerprint density at radius 1 is 1.57 bits per heavy atom. The quantitative estimate of drug-likeness (QED) is 0.700. The van der Waals surface area contributed by atoms with Crippen molar-refractivity contribution in [2.24, 2.45) is 5.73 Å². The first-order chi connectivity index (χ1) is 6.70. The Bertz CT molecular complexity index is 226. The Morgan fingerprint density at radius 2 is 2.29 bits per heavy atom. The summed E-state index contributed by atoms with van der Waals surface area (Å²) in [6.45, 7) is 3.51. The average molecular weight is 198 g/mol. The summed E-state index contributed by atoms with van der Waals surface area (Å²) in [4.78, 5) is 13.4. The number of rotatable bonds is 3. The van der Waals surface area contributed by atoms with Gasteiger partial charge >= 0.3 is 0 Å². The summed E-state index contributed by atoms with van der Waals surface area (Å²) in [6, 6.07) is 0.446. The van der Waals surface area contributed by atoms with Crippen LogP contribution in [-0.2, 0) is 9.53 Å². The molecule has 1 saturated heterocycles. The van der Waals surface area contributed by atoms with Crippen LogP contribution >= 0.6 is 0 Å². The average Bonchev–Trinajstić information content (AvgIpc) is 2.37. The Hall–Kier alpha value is -0.610. The molecule has 1 atom stereocenters. The lowest BCUT2D eigenvalue weighted by Crippen LogP contribution is -2.49. The van der Waals surface area contributed by atoms with E-state index in [2.05, 4.69) is 0 Å². The summed E-state index contributed by atoms with van der Waals surface area (Å²) in [5, 5.41) is 0. The molecule has 80 valence electrons. The first kappa shape index (κ1) is 9.93. The van der Waals surface area contributed by atoms with Gasteiger partial charge in [0.15, 0.2) is 0 Å². The van der Waals surface area contributed by atoms with Crippen LogP contribution in [0.4, 0.5) is 0 Å². The summed E-state index contributed by atoms with van der Waals surface area (Å²) in [5.74, 6) is 0.220. The Kier molecular flexibility index (Phi) is 2.74. The third kappa shape index (κ3) is 1.77. The van der Waals surface area contributed by atoms with Crippen molar-refractivity contribution in [2.75, 3.05) is 13.2 Å². The number of carbonyl (C=O) groups is 1. The minimum atomic E-state index is 0.0497. The number of carbonyl (C=O) groups excluding carboxylic acids is 1. The normalized spacial score (nSPS) is 37.4. The van der Waals surface area contributed by atoms with Crippen LogP contribution in [0.3, 0.4) is 0 Å². The third-order valence-corrected chi connectivity index (χ3v) is 3.10. The van der Waals surface area contributed by atoms with Crippen LogP contribution in [0, 0.1) is 0 Å². The van der Waals surface area contributed by atoms with Gasteiger partial charge in [-0.3, -0.25) is 4.79 Å². The summed E-state index contributed by atoms with van der Waals surface area (Å²) >= 11 is 0. The van der Waals surface area contributed by atoms with Gasteiger partial charge in [0.05, 0.1) is 6.10 Å². The second kappa shape index (κ2) is 3.87. The molecule has 14 heavy (non-hydrogen) atoms. The van der Waals surface area contributed by atoms with Gasteiger partial charge in [0.1, 0.15) is 0 Å². The number of hydrogen-bond donors (Lipinski definition) is 1. The molecular weight excluding hydrogens is 180 g/mol. The number of amides is 1. The summed E-state index contributed by atoms with van der Waals surface area (Å²) < 4.78 is 5.46. The maximum Gasteiger partial charge on any atom is 0.224 e. The van der Waals surface area contributed by atoms with Gasteiger partial charge in [0.25, 0.3) is 0 Å². The van der Waals surface area contributed by atoms with E-state index in [9.17, 15) is 4.79 Å². The van der Waals surface area contributed by atoms with E-state index in [-0.39, 0.29) is 11.9 Å². The maximum absolute atomic E-state index is 11.5. The molecule has 1 heterocycles. The van der Waals surface area contributed by atoms with Crippen LogP contribution < -0.4 is 5.73 Å². The van der Waals surface area contributed by atoms with Crippen LogP contribution in [0.15, 0.2) is 0 Å². The van der Waals surface area contributed by atoms with E-state index in [1.165, 1.54) is 0 Å². The number of nitrogens with zero attached hydrogens (tertiary/aromatic N) is 1. The van der Waals surface area contributed by atoms with Crippen LogP contribution in [0.2, 0.25) is 0 Å². The predicted octanol–water partition coefficient (Wildman–Crippen LogP) is 0.113. The molecule has 4 heteroatoms. The molecule has 0 aromatic rings. The van der Waals surface area contributed by atoms with Gasteiger partial charge in [-0.1, -0.05) is 0 Å². The van der Waals surface area contributed by atoms with Gasteiger partial charge < -0.3 is 15.4 Å². The van der Waals surface area contributed by atoms with Crippen LogP contribution in [0.5, 0.6) is 0 Å². The SMILES string of the molecule is CCOC1CC(N2CC(N)CC2=O)C1. The van der Waals surface area contributed by atoms with Crippen molar-refractivity contribution in [2.45, 2.75) is 44.4 Å². The molecular formula is C10H18N2O2. The molecule has 4 nitrogen and oxygen atoms in total. The molecule has 0 aromatic carbocycles. The molecule has 1 unspecified atom stereocenters. The zero-order valence-corrected chi connectivity index (χ0v) is 8.61. The van der Waals surface area contributed by atoms with E-state index in [1.54, 1.807) is 0 Å². The molecule has 1 aliphatic heterocycles. The van der Waals surface area contributed by atoms with Gasteiger partial charge in [-0.2, -0.15) is 0 Å². The third-order valence-electron chi connectivity index (χ3n) is 3.10. The topological polar surface area (TPSA) is 55.6 Å². The lowest BCUT2D eigenvalue weighted by Gasteiger charge is -2.40. The fourth-order valence-corrected chi connectivity index (χ4v) is 2.28. The van der Waals surface area contributed by atoms with Gasteiger partial charge in [-0.05, 0) is 19.8 Å². The molecule has 1 amide bonds.